The molecule has 2 amide bonds. The first-order valence-electron chi connectivity index (χ1n) is 18.1. The molecule has 2 unspecified atom stereocenters. The number of hydrogen-bond acceptors (Lipinski definition) is 11. The summed E-state index contributed by atoms with van der Waals surface area (Å²) in [5.41, 5.74) is 1.95. The second kappa shape index (κ2) is 17.7. The van der Waals surface area contributed by atoms with E-state index in [1.54, 1.807) is 29.5 Å². The lowest BCUT2D eigenvalue weighted by atomic mass is 9.77. The van der Waals surface area contributed by atoms with Gasteiger partial charge in [0.05, 0.1) is 7.11 Å². The van der Waals surface area contributed by atoms with Crippen molar-refractivity contribution in [3.63, 3.8) is 0 Å². The van der Waals surface area contributed by atoms with Crippen molar-refractivity contribution < 1.29 is 28.7 Å². The topological polar surface area (TPSA) is 131 Å². The van der Waals surface area contributed by atoms with Crippen LogP contribution in [0.4, 0.5) is 5.13 Å². The van der Waals surface area contributed by atoms with Crippen LogP contribution in [0, 0.1) is 5.41 Å². The van der Waals surface area contributed by atoms with Crippen LogP contribution < -0.4 is 15.4 Å². The molecule has 2 N–H and O–H groups in total. The van der Waals surface area contributed by atoms with Crippen molar-refractivity contribution in [2.45, 2.75) is 23.6 Å². The lowest BCUT2D eigenvalue weighted by Gasteiger charge is -2.53. The zero-order chi connectivity index (χ0) is 39.8. The summed E-state index contributed by atoms with van der Waals surface area (Å²) in [5.74, 6) is -0.510. The van der Waals surface area contributed by atoms with Gasteiger partial charge in [0.1, 0.15) is 47.0 Å². The third-order valence-corrected chi connectivity index (χ3v) is 12.7. The van der Waals surface area contributed by atoms with Gasteiger partial charge in [-0.15, -0.1) is 34.7 Å². The summed E-state index contributed by atoms with van der Waals surface area (Å²) in [4.78, 5) is 52.8. The summed E-state index contributed by atoms with van der Waals surface area (Å²) in [7, 11) is 1.58. The molecule has 2 saturated heterocycles. The molecule has 2 aliphatic rings. The number of anilines is 1. The van der Waals surface area contributed by atoms with Crippen molar-refractivity contribution in [3.05, 3.63) is 161 Å². The van der Waals surface area contributed by atoms with Crippen LogP contribution in [0.15, 0.2) is 138 Å². The van der Waals surface area contributed by atoms with Gasteiger partial charge in [-0.3, -0.25) is 14.4 Å². The van der Waals surface area contributed by atoms with E-state index in [1.807, 2.05) is 66.7 Å². The summed E-state index contributed by atoms with van der Waals surface area (Å²) in [6.07, 6.45) is 1.51. The SMILES string of the molecule is C=CCON=C(C(=O)NC1C(=O)N2CC(CCl)(C(=O)OCc3ccc(OC)cc3)CS[C@H]12)c1csc(NC(c2ccccc2)(c2ccccc2)c2ccccc2)n1. The molecule has 5 aromatic rings. The quantitative estimate of drug-likeness (QED) is 0.0161. The van der Waals surface area contributed by atoms with E-state index in [9.17, 15) is 14.4 Å². The number of halogens is 1. The normalized spacial score (nSPS) is 19.1. The number of esters is 1. The van der Waals surface area contributed by atoms with Gasteiger partial charge >= 0.3 is 5.97 Å². The highest BCUT2D eigenvalue weighted by atomic mass is 35.5. The van der Waals surface area contributed by atoms with Gasteiger partial charge in [0.15, 0.2) is 10.8 Å². The summed E-state index contributed by atoms with van der Waals surface area (Å²) < 4.78 is 10.9. The molecule has 0 bridgehead atoms. The van der Waals surface area contributed by atoms with Crippen molar-refractivity contribution in [1.82, 2.24) is 15.2 Å². The molecule has 11 nitrogen and oxygen atoms in total. The number of oxime groups is 1. The van der Waals surface area contributed by atoms with E-state index in [1.165, 1.54) is 29.2 Å². The predicted octanol–water partition coefficient (Wildman–Crippen LogP) is 6.83. The minimum atomic E-state index is -1.11. The fourth-order valence-electron chi connectivity index (χ4n) is 6.86. The number of alkyl halides is 1. The molecule has 57 heavy (non-hydrogen) atoms. The van der Waals surface area contributed by atoms with Crippen molar-refractivity contribution in [2.24, 2.45) is 10.6 Å². The first-order chi connectivity index (χ1) is 27.8. The zero-order valence-electron chi connectivity index (χ0n) is 31.0. The number of methoxy groups -OCH3 is 1. The van der Waals surface area contributed by atoms with E-state index >= 15 is 0 Å². The maximum Gasteiger partial charge on any atom is 0.316 e. The second-order valence-electron chi connectivity index (χ2n) is 13.5. The number of nitrogens with zero attached hydrogens (tertiary/aromatic N) is 3. The number of rotatable bonds is 16. The molecule has 292 valence electrons. The Kier molecular flexibility index (Phi) is 12.3. The number of thioether (sulfide) groups is 1. The first kappa shape index (κ1) is 39.6. The Morgan fingerprint density at radius 3 is 2.16 bits per heavy atom. The molecule has 0 saturated carbocycles. The van der Waals surface area contributed by atoms with Crippen LogP contribution in [-0.2, 0) is 36.1 Å². The highest BCUT2D eigenvalue weighted by molar-refractivity contribution is 8.00. The Balaban J connectivity index is 1.08. The van der Waals surface area contributed by atoms with Crippen LogP contribution in [0.25, 0.3) is 0 Å². The monoisotopic (exact) mass is 821 g/mol. The van der Waals surface area contributed by atoms with E-state index in [4.69, 9.17) is 30.9 Å². The van der Waals surface area contributed by atoms with E-state index < -0.39 is 34.2 Å². The highest BCUT2D eigenvalue weighted by Gasteiger charge is 2.58. The fourth-order valence-corrected chi connectivity index (χ4v) is 9.55. The van der Waals surface area contributed by atoms with E-state index in [-0.39, 0.29) is 43.0 Å². The van der Waals surface area contributed by atoms with Gasteiger partial charge in [-0.05, 0) is 34.4 Å². The first-order valence-corrected chi connectivity index (χ1v) is 20.6. The predicted molar refractivity (Wildman–Crippen MR) is 223 cm³/mol. The van der Waals surface area contributed by atoms with E-state index in [0.717, 1.165) is 22.3 Å². The Morgan fingerprint density at radius 1 is 0.982 bits per heavy atom. The van der Waals surface area contributed by atoms with Gasteiger partial charge in [0.25, 0.3) is 5.91 Å². The number of ether oxygens (including phenoxy) is 2. The van der Waals surface area contributed by atoms with Crippen LogP contribution in [0.1, 0.15) is 27.9 Å². The third-order valence-electron chi connectivity index (χ3n) is 9.87. The maximum absolute atomic E-state index is 14.0. The van der Waals surface area contributed by atoms with Crippen LogP contribution in [0.3, 0.4) is 0 Å². The van der Waals surface area contributed by atoms with Gasteiger partial charge < -0.3 is 29.8 Å². The van der Waals surface area contributed by atoms with Gasteiger partial charge in [-0.2, -0.15) is 0 Å². The molecule has 2 aliphatic heterocycles. The van der Waals surface area contributed by atoms with Crippen LogP contribution >= 0.6 is 34.7 Å². The molecule has 3 atom stereocenters. The average Bonchev–Trinajstić information content (AvgIpc) is 3.73. The molecule has 0 aliphatic carbocycles. The number of hydrogen-bond donors (Lipinski definition) is 2. The highest BCUT2D eigenvalue weighted by Crippen LogP contribution is 2.44. The van der Waals surface area contributed by atoms with Crippen LogP contribution in [0.2, 0.25) is 0 Å². The summed E-state index contributed by atoms with van der Waals surface area (Å²) in [6.45, 7) is 3.85. The van der Waals surface area contributed by atoms with Gasteiger partial charge in [-0.1, -0.05) is 121 Å². The summed E-state index contributed by atoms with van der Waals surface area (Å²) >= 11 is 9.07. The molecular weight excluding hydrogens is 782 g/mol. The number of carbonyl (C=O) groups is 3. The molecule has 2 fully saturated rings. The second-order valence-corrected chi connectivity index (χ2v) is 15.7. The van der Waals surface area contributed by atoms with Crippen molar-refractivity contribution in [3.8, 4) is 5.75 Å². The maximum atomic E-state index is 14.0. The molecule has 7 rings (SSSR count). The van der Waals surface area contributed by atoms with Gasteiger partial charge in [0, 0.05) is 23.6 Å². The Morgan fingerprint density at radius 2 is 1.60 bits per heavy atom. The summed E-state index contributed by atoms with van der Waals surface area (Å²) in [6, 6.07) is 36.6. The van der Waals surface area contributed by atoms with Crippen LogP contribution in [-0.4, -0.2) is 76.7 Å². The van der Waals surface area contributed by atoms with Crippen molar-refractivity contribution in [2.75, 3.05) is 37.2 Å². The van der Waals surface area contributed by atoms with Crippen LogP contribution in [0.5, 0.6) is 5.75 Å². The Bertz CT molecular complexity index is 2130. The minimum Gasteiger partial charge on any atom is -0.497 e. The smallest absolute Gasteiger partial charge is 0.316 e. The number of amides is 2. The lowest BCUT2D eigenvalue weighted by Crippen LogP contribution is -2.74. The van der Waals surface area contributed by atoms with Crippen molar-refractivity contribution >= 4 is 63.3 Å². The molecule has 14 heteroatoms. The Labute approximate surface area is 344 Å². The molecule has 3 heterocycles. The molecule has 1 aromatic heterocycles. The average molecular weight is 822 g/mol. The number of benzene rings is 4. The number of carbonyl (C=O) groups excluding carboxylic acids is 3. The van der Waals surface area contributed by atoms with Gasteiger partial charge in [0.2, 0.25) is 5.91 Å². The number of aromatic nitrogens is 1. The summed E-state index contributed by atoms with van der Waals surface area (Å²) in [5, 5.41) is 12.6. The van der Waals surface area contributed by atoms with Gasteiger partial charge in [-0.25, -0.2) is 4.98 Å². The minimum absolute atomic E-state index is 0.0350. The van der Waals surface area contributed by atoms with E-state index in [0.29, 0.717) is 16.6 Å². The van der Waals surface area contributed by atoms with Crippen molar-refractivity contribution in [1.29, 1.82) is 0 Å². The Hall–Kier alpha value is -5.63. The number of β-lactam (4-membered cyclic amide) rings is 1. The molecule has 4 aromatic carbocycles. The molecule has 0 spiro atoms. The molecule has 0 radical (unpaired) electrons. The third kappa shape index (κ3) is 8.13. The number of nitrogens with one attached hydrogen (secondary N) is 2. The zero-order valence-corrected chi connectivity index (χ0v) is 33.4. The van der Waals surface area contributed by atoms with E-state index in [2.05, 4.69) is 58.8 Å². The lowest BCUT2D eigenvalue weighted by molar-refractivity contribution is -0.162. The molecular formula is C43H40ClN5O6S2. The number of fused-ring (bicyclic) bond motifs is 1. The number of thiazole rings is 1. The largest absolute Gasteiger partial charge is 0.497 e. The fraction of sp³-hybridized carbons (Fsp3) is 0.233. The standard InChI is InChI=1S/C43H40ClN5O6S2/c1-3-23-55-48-35(34-25-56-41(45-34)47-43(30-13-7-4-8-14-30,31-15-9-5-10-16-31)32-17-11-6-12-18-32)37(50)46-36-38(51)49-27-42(26-44,28-57-39(36)49)40(52)54-24-29-19-21-33(53-2)22-20-29/h3-22,25,36,39H,1,23-24,26-28H2,2H3,(H,45,47)(H,46,50)/t36?,39-,42?/m1/s1.